The second kappa shape index (κ2) is 5.66. The van der Waals surface area contributed by atoms with Gasteiger partial charge in [0.1, 0.15) is 23.1 Å². The van der Waals surface area contributed by atoms with Crippen LogP contribution in [0.25, 0.3) is 11.3 Å². The first-order valence-electron chi connectivity index (χ1n) is 6.34. The molecular weight excluding hydrogens is 249 g/mol. The van der Waals surface area contributed by atoms with Gasteiger partial charge in [-0.3, -0.25) is 4.68 Å². The summed E-state index contributed by atoms with van der Waals surface area (Å²) in [7, 11) is 3.45. The fraction of sp³-hybridized carbons (Fsp3) is 0.200. The van der Waals surface area contributed by atoms with Crippen LogP contribution in [0.5, 0.6) is 0 Å². The molecule has 0 unspecified atom stereocenters. The number of nitriles is 1. The summed E-state index contributed by atoms with van der Waals surface area (Å²) in [6.45, 7) is 3.98. The molecule has 0 bridgehead atoms. The van der Waals surface area contributed by atoms with Gasteiger partial charge in [0.2, 0.25) is 0 Å². The van der Waals surface area contributed by atoms with E-state index in [2.05, 4.69) is 11.2 Å². The van der Waals surface area contributed by atoms with Gasteiger partial charge in [0, 0.05) is 18.3 Å². The van der Waals surface area contributed by atoms with Crippen molar-refractivity contribution in [3.63, 3.8) is 0 Å². The van der Waals surface area contributed by atoms with Gasteiger partial charge in [-0.05, 0) is 19.4 Å². The van der Waals surface area contributed by atoms with Crippen molar-refractivity contribution in [2.75, 3.05) is 0 Å². The minimum atomic E-state index is 0.495. The molecule has 0 saturated carbocycles. The summed E-state index contributed by atoms with van der Waals surface area (Å²) in [5.41, 5.74) is 4.12. The average Bonchev–Trinajstić information content (AvgIpc) is 2.73. The predicted octanol–water partition coefficient (Wildman–Crippen LogP) is 1.99. The third-order valence-corrected chi connectivity index (χ3v) is 3.45. The summed E-state index contributed by atoms with van der Waals surface area (Å²) in [6.07, 6.45) is 0. The zero-order chi connectivity index (χ0) is 14.7. The molecular formula is C15H16BN3O. The number of rotatable bonds is 3. The molecule has 0 amide bonds. The lowest BCUT2D eigenvalue weighted by atomic mass is 10.0. The van der Waals surface area contributed by atoms with Crippen LogP contribution in [0.15, 0.2) is 30.3 Å². The van der Waals surface area contributed by atoms with E-state index in [4.69, 9.17) is 4.65 Å². The second-order valence-corrected chi connectivity index (χ2v) is 4.57. The Morgan fingerprint density at radius 2 is 1.95 bits per heavy atom. The van der Waals surface area contributed by atoms with Gasteiger partial charge in [0.05, 0.1) is 0 Å². The summed E-state index contributed by atoms with van der Waals surface area (Å²) < 4.78 is 7.27. The summed E-state index contributed by atoms with van der Waals surface area (Å²) in [6, 6.07) is 11.7. The van der Waals surface area contributed by atoms with Crippen LogP contribution in [-0.2, 0) is 11.7 Å². The van der Waals surface area contributed by atoms with Crippen LogP contribution in [0.4, 0.5) is 0 Å². The number of nitrogens with zero attached hydrogens (tertiary/aromatic N) is 3. The smallest absolute Gasteiger partial charge is 0.322 e. The molecule has 2 rings (SSSR count). The monoisotopic (exact) mass is 265 g/mol. The van der Waals surface area contributed by atoms with Gasteiger partial charge in [-0.15, -0.1) is 0 Å². The van der Waals surface area contributed by atoms with Crippen molar-refractivity contribution in [2.45, 2.75) is 13.8 Å². The molecule has 0 aliphatic rings. The molecule has 20 heavy (non-hydrogen) atoms. The number of hydrogen-bond acceptors (Lipinski definition) is 3. The highest BCUT2D eigenvalue weighted by Crippen LogP contribution is 2.28. The van der Waals surface area contributed by atoms with Crippen LogP contribution in [-0.4, -0.2) is 17.8 Å². The van der Waals surface area contributed by atoms with Gasteiger partial charge in [-0.1, -0.05) is 30.3 Å². The highest BCUT2D eigenvalue weighted by Gasteiger charge is 2.18. The first-order valence-corrected chi connectivity index (χ1v) is 6.34. The van der Waals surface area contributed by atoms with Gasteiger partial charge < -0.3 is 4.65 Å². The molecule has 1 aromatic heterocycles. The lowest BCUT2D eigenvalue weighted by Gasteiger charge is -2.09. The van der Waals surface area contributed by atoms with Gasteiger partial charge in [0.25, 0.3) is 0 Å². The Balaban J connectivity index is 2.68. The average molecular weight is 265 g/mol. The van der Waals surface area contributed by atoms with Crippen molar-refractivity contribution in [1.82, 2.24) is 9.78 Å². The molecule has 0 saturated heterocycles. The normalized spacial score (nSPS) is 11.7. The number of allylic oxidation sites excluding steroid dienone is 1. The van der Waals surface area contributed by atoms with Crippen molar-refractivity contribution in [3.8, 4) is 6.07 Å². The third kappa shape index (κ3) is 2.33. The van der Waals surface area contributed by atoms with E-state index < -0.39 is 0 Å². The fourth-order valence-corrected chi connectivity index (χ4v) is 2.10. The van der Waals surface area contributed by atoms with Gasteiger partial charge in [-0.2, -0.15) is 10.4 Å². The van der Waals surface area contributed by atoms with E-state index in [1.165, 1.54) is 0 Å². The minimum absolute atomic E-state index is 0.495. The summed E-state index contributed by atoms with van der Waals surface area (Å²) in [5, 5.41) is 13.9. The summed E-state index contributed by atoms with van der Waals surface area (Å²) in [5.74, 6) is 0.514. The van der Waals surface area contributed by atoms with E-state index in [0.717, 1.165) is 16.8 Å². The van der Waals surface area contributed by atoms with E-state index in [1.54, 1.807) is 12.7 Å². The maximum absolute atomic E-state index is 9.49. The van der Waals surface area contributed by atoms with Crippen molar-refractivity contribution < 1.29 is 4.65 Å². The third-order valence-electron chi connectivity index (χ3n) is 3.45. The van der Waals surface area contributed by atoms with E-state index in [0.29, 0.717) is 17.0 Å². The Kier molecular flexibility index (Phi) is 3.95. The maximum Gasteiger partial charge on any atom is 0.322 e. The largest absolute Gasteiger partial charge is 0.565 e. The molecule has 5 heteroatoms. The lowest BCUT2D eigenvalue weighted by Crippen LogP contribution is -1.98. The zero-order valence-electron chi connectivity index (χ0n) is 12.1. The quantitative estimate of drug-likeness (QED) is 0.484. The lowest BCUT2D eigenvalue weighted by molar-refractivity contribution is 0.567. The van der Waals surface area contributed by atoms with Crippen molar-refractivity contribution in [1.29, 1.82) is 5.26 Å². The Hall–Kier alpha value is -2.48. The molecule has 0 atom stereocenters. The molecule has 1 aromatic carbocycles. The van der Waals surface area contributed by atoms with E-state index in [9.17, 15) is 5.26 Å². The minimum Gasteiger partial charge on any atom is -0.565 e. The molecule has 0 aliphatic heterocycles. The maximum atomic E-state index is 9.49. The van der Waals surface area contributed by atoms with E-state index >= 15 is 0 Å². The highest BCUT2D eigenvalue weighted by atomic mass is 16.4. The number of aryl methyl sites for hydroxylation is 1. The topological polar surface area (TPSA) is 50.8 Å². The van der Waals surface area contributed by atoms with Crippen LogP contribution >= 0.6 is 0 Å². The van der Waals surface area contributed by atoms with Gasteiger partial charge in [0.15, 0.2) is 0 Å². The first kappa shape index (κ1) is 13.9. The molecule has 0 N–H and O–H groups in total. The van der Waals surface area contributed by atoms with Crippen molar-refractivity contribution in [2.24, 2.45) is 7.05 Å². The van der Waals surface area contributed by atoms with Crippen LogP contribution in [0.1, 0.15) is 22.5 Å². The van der Waals surface area contributed by atoms with Gasteiger partial charge in [-0.25, -0.2) is 0 Å². The molecule has 0 spiro atoms. The Bertz CT molecular complexity index is 696. The molecule has 0 fully saturated rings. The van der Waals surface area contributed by atoms with Crippen LogP contribution < -0.4 is 0 Å². The van der Waals surface area contributed by atoms with Crippen LogP contribution in [0, 0.1) is 25.2 Å². The standard InChI is InChI=1S/C15H16BN3O/c1-10-11(2)19(3)18-14(10)15(20-16)13(9-17)12-7-5-4-6-8-12/h4-8H,16H2,1-3H3. The van der Waals surface area contributed by atoms with E-state index in [1.807, 2.05) is 51.2 Å². The molecule has 4 nitrogen and oxygen atoms in total. The summed E-state index contributed by atoms with van der Waals surface area (Å²) >= 11 is 0. The second-order valence-electron chi connectivity index (χ2n) is 4.57. The van der Waals surface area contributed by atoms with Gasteiger partial charge >= 0.3 is 8.05 Å². The summed E-state index contributed by atoms with van der Waals surface area (Å²) in [4.78, 5) is 0. The van der Waals surface area contributed by atoms with E-state index in [-0.39, 0.29) is 0 Å². The fourth-order valence-electron chi connectivity index (χ4n) is 2.10. The predicted molar refractivity (Wildman–Crippen MR) is 81.2 cm³/mol. The molecule has 1 heterocycles. The Labute approximate surface area is 119 Å². The molecule has 100 valence electrons. The number of aromatic nitrogens is 2. The highest BCUT2D eigenvalue weighted by molar-refractivity contribution is 6.06. The van der Waals surface area contributed by atoms with Crippen molar-refractivity contribution in [3.05, 3.63) is 52.8 Å². The van der Waals surface area contributed by atoms with Crippen LogP contribution in [0.2, 0.25) is 0 Å². The Morgan fingerprint density at radius 1 is 1.30 bits per heavy atom. The SMILES string of the molecule is BOC(=C(C#N)c1ccccc1)c1nn(C)c(C)c1C. The van der Waals surface area contributed by atoms with Crippen molar-refractivity contribution >= 4 is 19.4 Å². The number of benzene rings is 1. The molecule has 0 aliphatic carbocycles. The number of hydrogen-bond donors (Lipinski definition) is 0. The zero-order valence-corrected chi connectivity index (χ0v) is 12.1. The first-order chi connectivity index (χ1) is 9.60. The Morgan fingerprint density at radius 3 is 2.40 bits per heavy atom. The molecule has 0 radical (unpaired) electrons. The molecule has 2 aromatic rings. The van der Waals surface area contributed by atoms with Crippen LogP contribution in [0.3, 0.4) is 0 Å².